The predicted molar refractivity (Wildman–Crippen MR) is 77.5 cm³/mol. The van der Waals surface area contributed by atoms with Gasteiger partial charge in [0, 0.05) is 11.3 Å². The zero-order valence-electron chi connectivity index (χ0n) is 11.9. The van der Waals surface area contributed by atoms with Crippen LogP contribution in [0.25, 0.3) is 0 Å². The minimum Gasteiger partial charge on any atom is -0.481 e. The quantitative estimate of drug-likeness (QED) is 0.649. The summed E-state index contributed by atoms with van der Waals surface area (Å²) in [5.41, 5.74) is 0.949. The molecule has 2 N–H and O–H groups in total. The fraction of sp³-hybridized carbons (Fsp3) is 0.312. The molecule has 22 heavy (non-hydrogen) atoms. The largest absolute Gasteiger partial charge is 0.481 e. The number of fused-ring (bicyclic) bond motifs is 2. The van der Waals surface area contributed by atoms with E-state index in [9.17, 15) is 19.5 Å². The molecule has 0 saturated carbocycles. The van der Waals surface area contributed by atoms with Gasteiger partial charge in [-0.25, -0.2) is 0 Å². The van der Waals surface area contributed by atoms with Gasteiger partial charge in [0.05, 0.1) is 18.1 Å². The lowest BCUT2D eigenvalue weighted by atomic mass is 9.82. The Morgan fingerprint density at radius 2 is 1.82 bits per heavy atom. The van der Waals surface area contributed by atoms with Gasteiger partial charge >= 0.3 is 5.97 Å². The molecule has 2 bridgehead atoms. The number of carbonyl (C=O) groups is 3. The minimum absolute atomic E-state index is 0.106. The van der Waals surface area contributed by atoms with Crippen LogP contribution in [0.2, 0.25) is 0 Å². The van der Waals surface area contributed by atoms with E-state index < -0.39 is 35.9 Å². The van der Waals surface area contributed by atoms with Gasteiger partial charge in [0.25, 0.3) is 0 Å². The van der Waals surface area contributed by atoms with E-state index in [0.29, 0.717) is 11.3 Å². The average molecular weight is 301 g/mol. The first-order chi connectivity index (χ1) is 10.5. The highest BCUT2D eigenvalue weighted by Gasteiger charge is 2.53. The van der Waals surface area contributed by atoms with Gasteiger partial charge in [0.1, 0.15) is 5.92 Å². The first-order valence-electron chi connectivity index (χ1n) is 6.96. The molecule has 0 aliphatic carbocycles. The summed E-state index contributed by atoms with van der Waals surface area (Å²) in [7, 11) is 0. The van der Waals surface area contributed by atoms with Gasteiger partial charge in [0.15, 0.2) is 5.78 Å². The third kappa shape index (κ3) is 2.42. The number of anilines is 1. The Hall–Kier alpha value is -2.47. The molecule has 0 unspecified atom stereocenters. The van der Waals surface area contributed by atoms with Crippen LogP contribution in [0.15, 0.2) is 36.4 Å². The number of aliphatic carboxylic acids is 1. The van der Waals surface area contributed by atoms with Crippen LogP contribution in [0, 0.1) is 11.8 Å². The molecule has 1 aromatic rings. The number of carboxylic acids is 1. The van der Waals surface area contributed by atoms with Gasteiger partial charge in [-0.05, 0) is 19.1 Å². The van der Waals surface area contributed by atoms with Gasteiger partial charge in [-0.15, -0.1) is 0 Å². The maximum absolute atomic E-state index is 12.4. The van der Waals surface area contributed by atoms with Crippen LogP contribution in [0.3, 0.4) is 0 Å². The van der Waals surface area contributed by atoms with E-state index in [0.717, 1.165) is 0 Å². The number of ether oxygens (including phenoxy) is 1. The van der Waals surface area contributed by atoms with E-state index in [1.807, 2.05) is 0 Å². The second kappa shape index (κ2) is 5.38. The molecule has 0 spiro atoms. The standard InChI is InChI=1S/C16H15NO5/c1-8(18)9-3-2-4-10(7-9)17-15(19)13-11-5-6-12(22-11)14(13)16(20)21/h2-7,11-14H,1H3,(H,17,19)(H,20,21)/t11-,12-,13-,14-/m1/s1. The Bertz CT molecular complexity index is 681. The lowest BCUT2D eigenvalue weighted by Gasteiger charge is -2.21. The molecule has 1 fully saturated rings. The lowest BCUT2D eigenvalue weighted by molar-refractivity contribution is -0.145. The molecule has 0 aromatic heterocycles. The van der Waals surface area contributed by atoms with Crippen LogP contribution in [-0.2, 0) is 14.3 Å². The van der Waals surface area contributed by atoms with Crippen LogP contribution >= 0.6 is 0 Å². The SMILES string of the molecule is CC(=O)c1cccc(NC(=O)[C@H]2[C@H](C(=O)O)[C@H]3C=C[C@H]2O3)c1. The van der Waals surface area contributed by atoms with Crippen molar-refractivity contribution >= 4 is 23.3 Å². The summed E-state index contributed by atoms with van der Waals surface area (Å²) in [6, 6.07) is 6.55. The molecule has 6 nitrogen and oxygen atoms in total. The first kappa shape index (κ1) is 14.5. The number of carboxylic acid groups (broad SMARTS) is 1. The van der Waals surface area contributed by atoms with Crippen LogP contribution in [0.4, 0.5) is 5.69 Å². The van der Waals surface area contributed by atoms with E-state index in [-0.39, 0.29) is 5.78 Å². The summed E-state index contributed by atoms with van der Waals surface area (Å²) < 4.78 is 5.47. The van der Waals surface area contributed by atoms with E-state index in [1.54, 1.807) is 36.4 Å². The summed E-state index contributed by atoms with van der Waals surface area (Å²) in [5.74, 6) is -3.22. The highest BCUT2D eigenvalue weighted by atomic mass is 16.5. The van der Waals surface area contributed by atoms with E-state index >= 15 is 0 Å². The topological polar surface area (TPSA) is 92.7 Å². The first-order valence-corrected chi connectivity index (χ1v) is 6.96. The maximum Gasteiger partial charge on any atom is 0.310 e. The number of hydrogen-bond donors (Lipinski definition) is 2. The predicted octanol–water partition coefficient (Wildman–Crippen LogP) is 1.48. The molecule has 6 heteroatoms. The van der Waals surface area contributed by atoms with E-state index in [2.05, 4.69) is 5.32 Å². The van der Waals surface area contributed by atoms with Crippen LogP contribution in [0.5, 0.6) is 0 Å². The molecule has 1 amide bonds. The van der Waals surface area contributed by atoms with Crippen molar-refractivity contribution in [3.63, 3.8) is 0 Å². The molecule has 3 rings (SSSR count). The number of rotatable bonds is 4. The summed E-state index contributed by atoms with van der Waals surface area (Å²) >= 11 is 0. The molecule has 2 aliphatic rings. The Balaban J connectivity index is 1.80. The van der Waals surface area contributed by atoms with Crippen molar-refractivity contribution in [2.75, 3.05) is 5.32 Å². The maximum atomic E-state index is 12.4. The van der Waals surface area contributed by atoms with Crippen LogP contribution in [-0.4, -0.2) is 35.0 Å². The van der Waals surface area contributed by atoms with Crippen molar-refractivity contribution in [2.45, 2.75) is 19.1 Å². The molecular weight excluding hydrogens is 286 g/mol. The van der Waals surface area contributed by atoms with Gasteiger partial charge < -0.3 is 15.2 Å². The third-order valence-corrected chi connectivity index (χ3v) is 4.02. The van der Waals surface area contributed by atoms with Gasteiger partial charge in [-0.3, -0.25) is 14.4 Å². The van der Waals surface area contributed by atoms with E-state index in [4.69, 9.17) is 4.74 Å². The zero-order chi connectivity index (χ0) is 15.9. The molecule has 4 atom stereocenters. The summed E-state index contributed by atoms with van der Waals surface area (Å²) in [6.07, 6.45) is 2.34. The zero-order valence-corrected chi connectivity index (χ0v) is 11.9. The molecule has 2 heterocycles. The molecule has 1 saturated heterocycles. The smallest absolute Gasteiger partial charge is 0.310 e. The van der Waals surface area contributed by atoms with Crippen LogP contribution in [0.1, 0.15) is 17.3 Å². The van der Waals surface area contributed by atoms with Crippen molar-refractivity contribution in [3.05, 3.63) is 42.0 Å². The summed E-state index contributed by atoms with van der Waals surface area (Å²) in [4.78, 5) is 35.2. The van der Waals surface area contributed by atoms with Crippen molar-refractivity contribution in [1.29, 1.82) is 0 Å². The van der Waals surface area contributed by atoms with Crippen LogP contribution < -0.4 is 5.32 Å². The van der Waals surface area contributed by atoms with Crippen molar-refractivity contribution in [2.24, 2.45) is 11.8 Å². The fourth-order valence-corrected chi connectivity index (χ4v) is 2.96. The Kier molecular flexibility index (Phi) is 3.54. The number of nitrogens with one attached hydrogen (secondary N) is 1. The van der Waals surface area contributed by atoms with Gasteiger partial charge in [-0.1, -0.05) is 24.3 Å². The van der Waals surface area contributed by atoms with Gasteiger partial charge in [0.2, 0.25) is 5.91 Å². The summed E-state index contributed by atoms with van der Waals surface area (Å²) in [6.45, 7) is 1.44. The monoisotopic (exact) mass is 301 g/mol. The second-order valence-electron chi connectivity index (χ2n) is 5.47. The minimum atomic E-state index is -1.05. The lowest BCUT2D eigenvalue weighted by Crippen LogP contribution is -2.39. The van der Waals surface area contributed by atoms with Crippen molar-refractivity contribution < 1.29 is 24.2 Å². The third-order valence-electron chi connectivity index (χ3n) is 4.02. The highest BCUT2D eigenvalue weighted by molar-refractivity contribution is 5.99. The van der Waals surface area contributed by atoms with Gasteiger partial charge in [-0.2, -0.15) is 0 Å². The highest BCUT2D eigenvalue weighted by Crippen LogP contribution is 2.39. The number of hydrogen-bond acceptors (Lipinski definition) is 4. The number of Topliss-reactive ketones (excluding diaryl/α,β-unsaturated/α-hetero) is 1. The van der Waals surface area contributed by atoms with Crippen molar-refractivity contribution in [1.82, 2.24) is 0 Å². The molecule has 114 valence electrons. The second-order valence-corrected chi connectivity index (χ2v) is 5.47. The normalized spacial score (nSPS) is 28.6. The van der Waals surface area contributed by atoms with E-state index in [1.165, 1.54) is 6.92 Å². The molecule has 1 aromatic carbocycles. The number of ketones is 1. The summed E-state index contributed by atoms with van der Waals surface area (Å²) in [5, 5.41) is 12.0. The number of benzene rings is 1. The Morgan fingerprint density at radius 3 is 2.45 bits per heavy atom. The average Bonchev–Trinajstić information content (AvgIpc) is 3.07. The Labute approximate surface area is 126 Å². The molecule has 2 aliphatic heterocycles. The number of carbonyl (C=O) groups excluding carboxylic acids is 2. The fourth-order valence-electron chi connectivity index (χ4n) is 2.96. The molecule has 0 radical (unpaired) electrons. The molecular formula is C16H15NO5. The Morgan fingerprint density at radius 1 is 1.14 bits per heavy atom. The van der Waals surface area contributed by atoms with Crippen molar-refractivity contribution in [3.8, 4) is 0 Å². The number of amides is 1.